The van der Waals surface area contributed by atoms with E-state index < -0.39 is 0 Å². The van der Waals surface area contributed by atoms with Gasteiger partial charge in [0.05, 0.1) is 25.0 Å². The standard InChI is InChI=1S/C45H87N3O4/c1-5-9-13-17-19-23-33-41(31-21-15-11-7-3)44(49)51-39-29-27-37-48(36-26-25-35-43-46-47-43)38-28-30-40-52-45(50)42(32-22-16-12-8-4)34-24-20-18-14-10-6-2/h41-43H,5-40H2,1-4H3. The van der Waals surface area contributed by atoms with Crippen molar-refractivity contribution in [3.05, 3.63) is 0 Å². The smallest absolute Gasteiger partial charge is 0.308 e. The molecule has 1 heterocycles. The van der Waals surface area contributed by atoms with Gasteiger partial charge in [0.25, 0.3) is 0 Å². The van der Waals surface area contributed by atoms with Crippen molar-refractivity contribution in [3.63, 3.8) is 0 Å². The molecule has 0 fully saturated rings. The molecule has 0 saturated carbocycles. The molecule has 2 unspecified atom stereocenters. The van der Waals surface area contributed by atoms with Crippen LogP contribution in [0.2, 0.25) is 0 Å². The van der Waals surface area contributed by atoms with Gasteiger partial charge in [0, 0.05) is 0 Å². The fraction of sp³-hybridized carbons (Fsp3) is 0.956. The molecule has 0 saturated heterocycles. The lowest BCUT2D eigenvalue weighted by atomic mass is 9.94. The monoisotopic (exact) mass is 734 g/mol. The lowest BCUT2D eigenvalue weighted by Crippen LogP contribution is -2.28. The molecule has 1 rings (SSSR count). The van der Waals surface area contributed by atoms with Crippen LogP contribution in [0.4, 0.5) is 0 Å². The van der Waals surface area contributed by atoms with E-state index in [1.807, 2.05) is 0 Å². The molecular formula is C45H87N3O4. The van der Waals surface area contributed by atoms with Crippen LogP contribution < -0.4 is 0 Å². The van der Waals surface area contributed by atoms with Gasteiger partial charge in [0.15, 0.2) is 6.17 Å². The zero-order chi connectivity index (χ0) is 37.7. The van der Waals surface area contributed by atoms with E-state index in [2.05, 4.69) is 42.8 Å². The first-order valence-corrected chi connectivity index (χ1v) is 23.0. The first kappa shape index (κ1) is 48.5. The highest BCUT2D eigenvalue weighted by Crippen LogP contribution is 2.23. The molecule has 0 N–H and O–H groups in total. The van der Waals surface area contributed by atoms with Crippen LogP contribution in [0, 0.1) is 11.8 Å². The summed E-state index contributed by atoms with van der Waals surface area (Å²) in [6.45, 7) is 13.2. The van der Waals surface area contributed by atoms with Gasteiger partial charge in [0.1, 0.15) is 0 Å². The van der Waals surface area contributed by atoms with Crippen molar-refractivity contribution in [2.24, 2.45) is 22.1 Å². The lowest BCUT2D eigenvalue weighted by Gasteiger charge is -2.22. The Balaban J connectivity index is 2.44. The van der Waals surface area contributed by atoms with E-state index in [-0.39, 0.29) is 29.9 Å². The van der Waals surface area contributed by atoms with Gasteiger partial charge in [-0.3, -0.25) is 9.59 Å². The quantitative estimate of drug-likeness (QED) is 0.0461. The molecule has 0 bridgehead atoms. The number of unbranched alkanes of at least 4 members (excludes halogenated alkanes) is 19. The minimum Gasteiger partial charge on any atom is -0.465 e. The van der Waals surface area contributed by atoms with Crippen molar-refractivity contribution >= 4 is 11.9 Å². The number of hydrogen-bond donors (Lipinski definition) is 0. The van der Waals surface area contributed by atoms with Crippen LogP contribution in [-0.2, 0) is 19.1 Å². The van der Waals surface area contributed by atoms with E-state index >= 15 is 0 Å². The highest BCUT2D eigenvalue weighted by molar-refractivity contribution is 5.72. The fourth-order valence-electron chi connectivity index (χ4n) is 7.35. The third-order valence-electron chi connectivity index (χ3n) is 11.0. The maximum atomic E-state index is 13.1. The van der Waals surface area contributed by atoms with E-state index in [1.54, 1.807) is 0 Å². The summed E-state index contributed by atoms with van der Waals surface area (Å²) in [4.78, 5) is 28.7. The highest BCUT2D eigenvalue weighted by Gasteiger charge is 2.21. The van der Waals surface area contributed by atoms with Crippen LogP contribution >= 0.6 is 0 Å². The minimum atomic E-state index is 0.0440. The molecular weight excluding hydrogens is 647 g/mol. The molecule has 2 atom stereocenters. The van der Waals surface area contributed by atoms with Gasteiger partial charge in [-0.25, -0.2) is 0 Å². The number of nitrogens with zero attached hydrogens (tertiary/aromatic N) is 3. The summed E-state index contributed by atoms with van der Waals surface area (Å²) in [7, 11) is 0. The number of carbonyl (C=O) groups is 2. The second kappa shape index (κ2) is 36.5. The zero-order valence-corrected chi connectivity index (χ0v) is 35.2. The van der Waals surface area contributed by atoms with Gasteiger partial charge >= 0.3 is 11.9 Å². The molecule has 7 heteroatoms. The van der Waals surface area contributed by atoms with Crippen molar-refractivity contribution in [2.45, 2.75) is 233 Å². The molecule has 0 radical (unpaired) electrons. The molecule has 0 aromatic carbocycles. The van der Waals surface area contributed by atoms with Gasteiger partial charge in [-0.1, -0.05) is 156 Å². The molecule has 52 heavy (non-hydrogen) atoms. The predicted molar refractivity (Wildman–Crippen MR) is 220 cm³/mol. The molecule has 7 nitrogen and oxygen atoms in total. The average molecular weight is 734 g/mol. The normalized spacial score (nSPS) is 13.9. The molecule has 0 aromatic heterocycles. The Morgan fingerprint density at radius 1 is 0.442 bits per heavy atom. The molecule has 0 aliphatic carbocycles. The number of rotatable bonds is 41. The van der Waals surface area contributed by atoms with E-state index in [1.165, 1.54) is 103 Å². The van der Waals surface area contributed by atoms with Crippen LogP contribution in [0.15, 0.2) is 10.2 Å². The topological polar surface area (TPSA) is 80.6 Å². The van der Waals surface area contributed by atoms with Gasteiger partial charge in [-0.05, 0) is 90.3 Å². The number of carbonyl (C=O) groups excluding carboxylic acids is 2. The lowest BCUT2D eigenvalue weighted by molar-refractivity contribution is -0.150. The molecule has 0 aromatic rings. The minimum absolute atomic E-state index is 0.0440. The summed E-state index contributed by atoms with van der Waals surface area (Å²) >= 11 is 0. The first-order valence-electron chi connectivity index (χ1n) is 23.0. The summed E-state index contributed by atoms with van der Waals surface area (Å²) < 4.78 is 11.8. The van der Waals surface area contributed by atoms with Crippen LogP contribution in [0.1, 0.15) is 227 Å². The van der Waals surface area contributed by atoms with E-state index in [4.69, 9.17) is 9.47 Å². The van der Waals surface area contributed by atoms with Crippen molar-refractivity contribution in [1.29, 1.82) is 0 Å². The SMILES string of the molecule is CCCCCCCCC(CCCCCC)C(=O)OCCCCN(CCCCOC(=O)C(CCCCCC)CCCCCCCC)CCCCC1N=N1. The Hall–Kier alpha value is -1.50. The number of ether oxygens (including phenoxy) is 2. The number of hydrogen-bond acceptors (Lipinski definition) is 7. The van der Waals surface area contributed by atoms with Crippen molar-refractivity contribution in [1.82, 2.24) is 4.90 Å². The summed E-state index contributed by atoms with van der Waals surface area (Å²) in [6, 6.07) is 0. The third kappa shape index (κ3) is 29.9. The van der Waals surface area contributed by atoms with Crippen LogP contribution in [0.3, 0.4) is 0 Å². The fourth-order valence-corrected chi connectivity index (χ4v) is 7.35. The Labute approximate surface area is 323 Å². The molecule has 306 valence electrons. The summed E-state index contributed by atoms with van der Waals surface area (Å²) in [5.74, 6) is 0.237. The van der Waals surface area contributed by atoms with Gasteiger partial charge in [-0.2, -0.15) is 10.2 Å². The molecule has 1 aliphatic heterocycles. The van der Waals surface area contributed by atoms with E-state index in [0.29, 0.717) is 13.2 Å². The van der Waals surface area contributed by atoms with Crippen LogP contribution in [0.25, 0.3) is 0 Å². The maximum absolute atomic E-state index is 13.1. The predicted octanol–water partition coefficient (Wildman–Crippen LogP) is 13.6. The average Bonchev–Trinajstić information content (AvgIpc) is 3.98. The van der Waals surface area contributed by atoms with Gasteiger partial charge in [0.2, 0.25) is 0 Å². The van der Waals surface area contributed by atoms with Crippen molar-refractivity contribution < 1.29 is 19.1 Å². The van der Waals surface area contributed by atoms with Crippen LogP contribution in [0.5, 0.6) is 0 Å². The Morgan fingerprint density at radius 2 is 0.769 bits per heavy atom. The Kier molecular flexibility index (Phi) is 34.0. The van der Waals surface area contributed by atoms with Crippen molar-refractivity contribution in [3.8, 4) is 0 Å². The molecule has 1 aliphatic rings. The third-order valence-corrected chi connectivity index (χ3v) is 11.0. The van der Waals surface area contributed by atoms with Gasteiger partial charge in [-0.15, -0.1) is 0 Å². The van der Waals surface area contributed by atoms with Gasteiger partial charge < -0.3 is 14.4 Å². The maximum Gasteiger partial charge on any atom is 0.308 e. The second-order valence-corrected chi connectivity index (χ2v) is 16.0. The largest absolute Gasteiger partial charge is 0.465 e. The summed E-state index contributed by atoms with van der Waals surface area (Å²) in [6.07, 6.45) is 36.3. The van der Waals surface area contributed by atoms with E-state index in [9.17, 15) is 9.59 Å². The molecule has 0 amide bonds. The number of esters is 2. The van der Waals surface area contributed by atoms with Crippen LogP contribution in [-0.4, -0.2) is 55.9 Å². The highest BCUT2D eigenvalue weighted by atomic mass is 16.5. The Morgan fingerprint density at radius 3 is 1.13 bits per heavy atom. The first-order chi connectivity index (χ1) is 25.5. The van der Waals surface area contributed by atoms with E-state index in [0.717, 1.165) is 116 Å². The summed E-state index contributed by atoms with van der Waals surface area (Å²) in [5.41, 5.74) is 0. The van der Waals surface area contributed by atoms with Crippen molar-refractivity contribution in [2.75, 3.05) is 32.8 Å². The summed E-state index contributed by atoms with van der Waals surface area (Å²) in [5, 5.41) is 8.10. The second-order valence-electron chi connectivity index (χ2n) is 16.0. The molecule has 0 spiro atoms. The zero-order valence-electron chi connectivity index (χ0n) is 35.2. The Bertz CT molecular complexity index is 777.